The van der Waals surface area contributed by atoms with Crippen LogP contribution < -0.4 is 0 Å². The summed E-state index contributed by atoms with van der Waals surface area (Å²) in [7, 11) is 0. The van der Waals surface area contributed by atoms with Crippen molar-refractivity contribution in [2.45, 2.75) is 44.4 Å². The molecule has 3 aromatic carbocycles. The molecule has 3 aliphatic carbocycles. The molecule has 6 heteroatoms. The smallest absolute Gasteiger partial charge is 0.233 e. The Balaban J connectivity index is 1.52. The van der Waals surface area contributed by atoms with Crippen LogP contribution >= 0.6 is 0 Å². The Morgan fingerprint density at radius 1 is 0.864 bits per heavy atom. The van der Waals surface area contributed by atoms with Gasteiger partial charge in [0, 0.05) is 29.5 Å². The number of hydrogen-bond acceptors (Lipinski definition) is 5. The summed E-state index contributed by atoms with van der Waals surface area (Å²) in [5, 5.41) is 11.6. The number of carbonyl (C=O) groups is 4. The van der Waals surface area contributed by atoms with Crippen molar-refractivity contribution in [2.24, 2.45) is 23.7 Å². The van der Waals surface area contributed by atoms with Crippen LogP contribution in [0.1, 0.15) is 54.4 Å². The second-order valence-electron chi connectivity index (χ2n) is 12.6. The number of phenols is 1. The molecule has 6 nitrogen and oxygen atoms in total. The van der Waals surface area contributed by atoms with Crippen LogP contribution in [0.2, 0.25) is 0 Å². The van der Waals surface area contributed by atoms with Gasteiger partial charge in [-0.1, -0.05) is 97.4 Å². The first kappa shape index (κ1) is 28.2. The molecule has 7 rings (SSSR count). The SMILES string of the molecule is CCCN1C(=O)C2CC=C3C(CC4C(=O)C(c5ccccc5)=CC(=O)C4(c4ccccc4)C3c3cccc(C)c3O)C2C1=O. The van der Waals surface area contributed by atoms with Crippen LogP contribution in [0, 0.1) is 30.6 Å². The summed E-state index contributed by atoms with van der Waals surface area (Å²) in [6.07, 6.45) is 4.85. The van der Waals surface area contributed by atoms with Crippen LogP contribution in [-0.4, -0.2) is 39.9 Å². The zero-order valence-corrected chi connectivity index (χ0v) is 24.9. The summed E-state index contributed by atoms with van der Waals surface area (Å²) in [5.74, 6) is -3.65. The fraction of sp³-hybridized carbons (Fsp3) is 0.316. The highest BCUT2D eigenvalue weighted by molar-refractivity contribution is 6.31. The molecule has 1 N–H and O–H groups in total. The predicted molar refractivity (Wildman–Crippen MR) is 166 cm³/mol. The molecular weight excluding hydrogens is 550 g/mol. The minimum Gasteiger partial charge on any atom is -0.507 e. The van der Waals surface area contributed by atoms with Crippen LogP contribution in [0.15, 0.2) is 96.6 Å². The monoisotopic (exact) mass is 585 g/mol. The molecule has 2 amide bonds. The van der Waals surface area contributed by atoms with E-state index >= 15 is 0 Å². The van der Waals surface area contributed by atoms with Gasteiger partial charge in [0.1, 0.15) is 5.75 Å². The largest absolute Gasteiger partial charge is 0.507 e. The minimum absolute atomic E-state index is 0.0785. The van der Waals surface area contributed by atoms with Crippen molar-refractivity contribution in [3.05, 3.63) is 119 Å². The number of phenolic OH excluding ortho intramolecular Hbond substituents is 1. The Kier molecular flexibility index (Phi) is 6.76. The number of likely N-dealkylation sites (tertiary alicyclic amines) is 1. The summed E-state index contributed by atoms with van der Waals surface area (Å²) < 4.78 is 0. The van der Waals surface area contributed by atoms with Gasteiger partial charge in [0.25, 0.3) is 0 Å². The van der Waals surface area contributed by atoms with Gasteiger partial charge in [-0.3, -0.25) is 24.1 Å². The average molecular weight is 586 g/mol. The molecule has 44 heavy (non-hydrogen) atoms. The van der Waals surface area contributed by atoms with Gasteiger partial charge in [0.05, 0.1) is 17.3 Å². The summed E-state index contributed by atoms with van der Waals surface area (Å²) >= 11 is 0. The Hall–Kier alpha value is -4.58. The van der Waals surface area contributed by atoms with E-state index in [1.807, 2.05) is 98.8 Å². The quantitative estimate of drug-likeness (QED) is 0.296. The number of nitrogens with zero attached hydrogens (tertiary/aromatic N) is 1. The second-order valence-corrected chi connectivity index (χ2v) is 12.6. The Morgan fingerprint density at radius 2 is 1.57 bits per heavy atom. The molecule has 0 spiro atoms. The van der Waals surface area contributed by atoms with Crippen molar-refractivity contribution >= 4 is 29.0 Å². The average Bonchev–Trinajstić information content (AvgIpc) is 3.29. The van der Waals surface area contributed by atoms with Crippen molar-refractivity contribution in [1.29, 1.82) is 0 Å². The van der Waals surface area contributed by atoms with Gasteiger partial charge in [0.2, 0.25) is 11.8 Å². The lowest BCUT2D eigenvalue weighted by atomic mass is 9.44. The number of ketones is 2. The van der Waals surface area contributed by atoms with Gasteiger partial charge in [-0.05, 0) is 54.9 Å². The topological polar surface area (TPSA) is 91.8 Å². The number of rotatable bonds is 5. The number of amides is 2. The van der Waals surface area contributed by atoms with Gasteiger partial charge in [-0.2, -0.15) is 0 Å². The minimum atomic E-state index is -1.34. The highest BCUT2D eigenvalue weighted by Crippen LogP contribution is 2.64. The standard InChI is InChI=1S/C38H35NO5/c1-3-19-39-36(43)26-18-17-25-29(32(26)37(39)44)20-30-35(42)28(23-12-6-4-7-13-23)21-31(40)38(30,24-14-8-5-9-15-24)33(25)27-16-10-11-22(2)34(27)41/h4-17,21,26,29-30,32-33,41H,3,18-20H2,1-2H3. The first-order valence-electron chi connectivity index (χ1n) is 15.6. The van der Waals surface area contributed by atoms with E-state index in [-0.39, 0.29) is 35.6 Å². The third-order valence-corrected chi connectivity index (χ3v) is 10.5. The maximum absolute atomic E-state index is 14.9. The van der Waals surface area contributed by atoms with E-state index in [1.54, 1.807) is 0 Å². The highest BCUT2D eigenvalue weighted by Gasteiger charge is 2.66. The van der Waals surface area contributed by atoms with Gasteiger partial charge < -0.3 is 5.11 Å². The zero-order valence-electron chi connectivity index (χ0n) is 24.9. The lowest BCUT2D eigenvalue weighted by molar-refractivity contribution is -0.140. The molecule has 0 aromatic heterocycles. The lowest BCUT2D eigenvalue weighted by Crippen LogP contribution is -2.58. The molecule has 6 atom stereocenters. The molecule has 1 saturated carbocycles. The number of para-hydroxylation sites is 1. The second kappa shape index (κ2) is 10.5. The first-order chi connectivity index (χ1) is 21.3. The third kappa shape index (κ3) is 3.86. The van der Waals surface area contributed by atoms with Crippen molar-refractivity contribution in [3.8, 4) is 5.75 Å². The summed E-state index contributed by atoms with van der Waals surface area (Å²) in [6.45, 7) is 4.13. The number of carbonyl (C=O) groups excluding carboxylic acids is 4. The molecule has 1 heterocycles. The summed E-state index contributed by atoms with van der Waals surface area (Å²) in [5.41, 5.74) is 2.49. The Morgan fingerprint density at radius 3 is 2.27 bits per heavy atom. The highest BCUT2D eigenvalue weighted by atomic mass is 16.3. The van der Waals surface area contributed by atoms with E-state index < -0.39 is 35.0 Å². The van der Waals surface area contributed by atoms with Crippen LogP contribution in [0.5, 0.6) is 5.75 Å². The van der Waals surface area contributed by atoms with Gasteiger partial charge in [-0.15, -0.1) is 0 Å². The summed E-state index contributed by atoms with van der Waals surface area (Å²) in [6, 6.07) is 24.2. The van der Waals surface area contributed by atoms with E-state index in [1.165, 1.54) is 11.0 Å². The number of fused-ring (bicyclic) bond motifs is 4. The Labute approximate surface area is 257 Å². The molecular formula is C38H35NO5. The number of hydrogen-bond donors (Lipinski definition) is 1. The molecule has 2 fully saturated rings. The van der Waals surface area contributed by atoms with Crippen molar-refractivity contribution in [2.75, 3.05) is 6.54 Å². The van der Waals surface area contributed by atoms with E-state index in [0.717, 1.165) is 5.57 Å². The number of benzene rings is 3. The molecule has 0 bridgehead atoms. The van der Waals surface area contributed by atoms with Gasteiger partial charge in [-0.25, -0.2) is 0 Å². The first-order valence-corrected chi connectivity index (χ1v) is 15.6. The Bertz CT molecular complexity index is 1760. The number of allylic oxidation sites excluding steroid dienone is 4. The lowest BCUT2D eigenvalue weighted by Gasteiger charge is -2.55. The zero-order chi connectivity index (χ0) is 30.7. The fourth-order valence-electron chi connectivity index (χ4n) is 8.64. The number of aryl methyl sites for hydroxylation is 1. The number of aromatic hydroxyl groups is 1. The van der Waals surface area contributed by atoms with Crippen molar-refractivity contribution in [3.63, 3.8) is 0 Å². The van der Waals surface area contributed by atoms with Crippen molar-refractivity contribution < 1.29 is 24.3 Å². The molecule has 222 valence electrons. The van der Waals surface area contributed by atoms with Crippen molar-refractivity contribution in [1.82, 2.24) is 4.90 Å². The molecule has 4 aliphatic rings. The fourth-order valence-corrected chi connectivity index (χ4v) is 8.64. The van der Waals surface area contributed by atoms with E-state index in [4.69, 9.17) is 0 Å². The molecule has 1 saturated heterocycles. The molecule has 3 aromatic rings. The van der Waals surface area contributed by atoms with Gasteiger partial charge in [0.15, 0.2) is 11.6 Å². The maximum atomic E-state index is 14.9. The molecule has 0 radical (unpaired) electrons. The predicted octanol–water partition coefficient (Wildman–Crippen LogP) is 5.94. The maximum Gasteiger partial charge on any atom is 0.233 e. The van der Waals surface area contributed by atoms with E-state index in [2.05, 4.69) is 0 Å². The normalized spacial score (nSPS) is 29.5. The van der Waals surface area contributed by atoms with Crippen LogP contribution in [-0.2, 0) is 24.6 Å². The summed E-state index contributed by atoms with van der Waals surface area (Å²) in [4.78, 5) is 58.6. The number of Topliss-reactive ketones (excluding diaryl/α,β-unsaturated/α-hetero) is 1. The van der Waals surface area contributed by atoms with E-state index in [0.29, 0.717) is 47.2 Å². The van der Waals surface area contributed by atoms with Crippen LogP contribution in [0.3, 0.4) is 0 Å². The van der Waals surface area contributed by atoms with Crippen LogP contribution in [0.25, 0.3) is 5.57 Å². The van der Waals surface area contributed by atoms with Crippen LogP contribution in [0.4, 0.5) is 0 Å². The number of imide groups is 1. The van der Waals surface area contributed by atoms with E-state index in [9.17, 15) is 24.3 Å². The molecule has 6 unspecified atom stereocenters. The third-order valence-electron chi connectivity index (χ3n) is 10.5. The van der Waals surface area contributed by atoms with Gasteiger partial charge >= 0.3 is 0 Å². The molecule has 1 aliphatic heterocycles.